The Kier molecular flexibility index (Phi) is 5.00. The van der Waals surface area contributed by atoms with Gasteiger partial charge in [-0.3, -0.25) is 0 Å². The van der Waals surface area contributed by atoms with Crippen LogP contribution in [0.4, 0.5) is 0 Å². The molecule has 2 aliphatic carbocycles. The van der Waals surface area contributed by atoms with Crippen molar-refractivity contribution >= 4 is 0 Å². The summed E-state index contributed by atoms with van der Waals surface area (Å²) in [7, 11) is 0. The van der Waals surface area contributed by atoms with Crippen molar-refractivity contribution in [2.45, 2.75) is 70.8 Å². The van der Waals surface area contributed by atoms with Crippen molar-refractivity contribution < 1.29 is 0 Å². The molecule has 0 aliphatic heterocycles. The van der Waals surface area contributed by atoms with Crippen LogP contribution in [0.1, 0.15) is 69.4 Å². The molecule has 4 unspecified atom stereocenters. The highest BCUT2D eigenvalue weighted by atomic mass is 14.9. The molecule has 0 spiro atoms. The van der Waals surface area contributed by atoms with Gasteiger partial charge in [0.2, 0.25) is 0 Å². The van der Waals surface area contributed by atoms with E-state index in [1.807, 2.05) is 0 Å². The van der Waals surface area contributed by atoms with Crippen molar-refractivity contribution in [1.29, 1.82) is 0 Å². The van der Waals surface area contributed by atoms with Gasteiger partial charge in [0.15, 0.2) is 0 Å². The topological polar surface area (TPSA) is 12.0 Å². The Hall–Kier alpha value is -0.820. The van der Waals surface area contributed by atoms with Crippen LogP contribution in [0.25, 0.3) is 0 Å². The first-order valence-electron chi connectivity index (χ1n) is 9.14. The summed E-state index contributed by atoms with van der Waals surface area (Å²) in [6, 6.07) is 9.81. The number of benzene rings is 1. The van der Waals surface area contributed by atoms with E-state index in [1.165, 1.54) is 51.5 Å². The minimum absolute atomic E-state index is 0.717. The highest BCUT2D eigenvalue weighted by Gasteiger charge is 2.38. The van der Waals surface area contributed by atoms with Crippen molar-refractivity contribution in [1.82, 2.24) is 5.32 Å². The molecule has 1 saturated carbocycles. The second kappa shape index (κ2) is 6.96. The van der Waals surface area contributed by atoms with Crippen LogP contribution in [0.3, 0.4) is 0 Å². The minimum Gasteiger partial charge on any atom is -0.313 e. The van der Waals surface area contributed by atoms with Crippen LogP contribution in [-0.2, 0) is 6.42 Å². The summed E-state index contributed by atoms with van der Waals surface area (Å²) in [6.45, 7) is 5.84. The van der Waals surface area contributed by atoms with E-state index in [0.29, 0.717) is 6.04 Å². The lowest BCUT2D eigenvalue weighted by Gasteiger charge is -2.43. The van der Waals surface area contributed by atoms with Gasteiger partial charge in [-0.2, -0.15) is 0 Å². The highest BCUT2D eigenvalue weighted by Crippen LogP contribution is 2.43. The molecule has 0 amide bonds. The van der Waals surface area contributed by atoms with E-state index in [2.05, 4.69) is 43.4 Å². The van der Waals surface area contributed by atoms with Gasteiger partial charge in [0.1, 0.15) is 0 Å². The number of fused-ring (bicyclic) bond motifs is 1. The van der Waals surface area contributed by atoms with Gasteiger partial charge in [0, 0.05) is 12.0 Å². The van der Waals surface area contributed by atoms with Crippen LogP contribution in [0, 0.1) is 11.8 Å². The van der Waals surface area contributed by atoms with Gasteiger partial charge in [-0.25, -0.2) is 0 Å². The third-order valence-electron chi connectivity index (χ3n) is 5.87. The van der Waals surface area contributed by atoms with Gasteiger partial charge < -0.3 is 5.32 Å². The molecule has 1 fully saturated rings. The molecule has 1 heteroatoms. The van der Waals surface area contributed by atoms with E-state index in [-0.39, 0.29) is 0 Å². The Balaban J connectivity index is 1.72. The maximum absolute atomic E-state index is 3.93. The van der Waals surface area contributed by atoms with Crippen LogP contribution in [0.2, 0.25) is 0 Å². The molecule has 2 aliphatic rings. The third kappa shape index (κ3) is 3.18. The van der Waals surface area contributed by atoms with E-state index in [1.54, 1.807) is 11.1 Å². The predicted molar refractivity (Wildman–Crippen MR) is 90.7 cm³/mol. The minimum atomic E-state index is 0.717. The molecule has 1 nitrogen and oxygen atoms in total. The Morgan fingerprint density at radius 1 is 1.19 bits per heavy atom. The summed E-state index contributed by atoms with van der Waals surface area (Å²) in [5.74, 6) is 2.65. The van der Waals surface area contributed by atoms with Gasteiger partial charge in [-0.15, -0.1) is 0 Å². The Bertz CT molecular complexity index is 453. The molecule has 0 saturated heterocycles. The summed E-state index contributed by atoms with van der Waals surface area (Å²) in [6.07, 6.45) is 9.72. The summed E-state index contributed by atoms with van der Waals surface area (Å²) >= 11 is 0. The monoisotopic (exact) mass is 285 g/mol. The molecular weight excluding hydrogens is 254 g/mol. The van der Waals surface area contributed by atoms with Crippen molar-refractivity contribution in [3.05, 3.63) is 35.4 Å². The van der Waals surface area contributed by atoms with Gasteiger partial charge in [0.05, 0.1) is 0 Å². The first-order valence-corrected chi connectivity index (χ1v) is 9.14. The zero-order valence-electron chi connectivity index (χ0n) is 13.8. The highest BCUT2D eigenvalue weighted by molar-refractivity contribution is 5.41. The standard InChI is InChI=1S/C20H31N/c1-3-12-21-20(17-10-7-8-15(4-2)13-17)19-14-16-9-5-6-11-18(16)19/h5-6,9,11,15,17,19-21H,3-4,7-8,10,12-14H2,1-2H3. The Labute approximate surface area is 130 Å². The van der Waals surface area contributed by atoms with Crippen LogP contribution >= 0.6 is 0 Å². The summed E-state index contributed by atoms with van der Waals surface area (Å²) < 4.78 is 0. The molecule has 4 atom stereocenters. The third-order valence-corrected chi connectivity index (χ3v) is 5.87. The molecule has 0 aromatic heterocycles. The predicted octanol–water partition coefficient (Wildman–Crippen LogP) is 4.91. The van der Waals surface area contributed by atoms with Gasteiger partial charge in [0.25, 0.3) is 0 Å². The Morgan fingerprint density at radius 3 is 2.81 bits per heavy atom. The van der Waals surface area contributed by atoms with Gasteiger partial charge in [-0.05, 0) is 55.2 Å². The van der Waals surface area contributed by atoms with E-state index in [4.69, 9.17) is 0 Å². The van der Waals surface area contributed by atoms with Crippen LogP contribution < -0.4 is 5.32 Å². The normalized spacial score (nSPS) is 29.5. The average molecular weight is 285 g/mol. The summed E-state index contributed by atoms with van der Waals surface area (Å²) in [5.41, 5.74) is 3.22. The zero-order chi connectivity index (χ0) is 14.7. The lowest BCUT2D eigenvalue weighted by molar-refractivity contribution is 0.183. The zero-order valence-corrected chi connectivity index (χ0v) is 13.8. The quantitative estimate of drug-likeness (QED) is 0.783. The average Bonchev–Trinajstić information content (AvgIpc) is 2.51. The van der Waals surface area contributed by atoms with Crippen LogP contribution in [0.15, 0.2) is 24.3 Å². The van der Waals surface area contributed by atoms with E-state index >= 15 is 0 Å². The molecule has 1 aromatic rings. The molecule has 1 N–H and O–H groups in total. The Morgan fingerprint density at radius 2 is 2.05 bits per heavy atom. The second-order valence-corrected chi connectivity index (χ2v) is 7.19. The molecule has 0 heterocycles. The smallest absolute Gasteiger partial charge is 0.0167 e. The van der Waals surface area contributed by atoms with Crippen LogP contribution in [-0.4, -0.2) is 12.6 Å². The van der Waals surface area contributed by atoms with Gasteiger partial charge in [-0.1, -0.05) is 57.4 Å². The fraction of sp³-hybridized carbons (Fsp3) is 0.700. The molecule has 21 heavy (non-hydrogen) atoms. The number of rotatable bonds is 6. The van der Waals surface area contributed by atoms with Gasteiger partial charge >= 0.3 is 0 Å². The van der Waals surface area contributed by atoms with E-state index < -0.39 is 0 Å². The van der Waals surface area contributed by atoms with Crippen molar-refractivity contribution in [2.24, 2.45) is 11.8 Å². The first kappa shape index (κ1) is 15.1. The van der Waals surface area contributed by atoms with Crippen molar-refractivity contribution in [3.63, 3.8) is 0 Å². The number of hydrogen-bond acceptors (Lipinski definition) is 1. The van der Waals surface area contributed by atoms with E-state index in [9.17, 15) is 0 Å². The SMILES string of the molecule is CCCNC(C1CCCC(CC)C1)C1Cc2ccccc21. The molecule has 3 rings (SSSR count). The maximum atomic E-state index is 3.93. The van der Waals surface area contributed by atoms with Crippen molar-refractivity contribution in [2.75, 3.05) is 6.54 Å². The largest absolute Gasteiger partial charge is 0.313 e. The molecule has 0 radical (unpaired) electrons. The van der Waals surface area contributed by atoms with Crippen LogP contribution in [0.5, 0.6) is 0 Å². The number of hydrogen-bond donors (Lipinski definition) is 1. The number of nitrogens with one attached hydrogen (secondary N) is 1. The van der Waals surface area contributed by atoms with Crippen molar-refractivity contribution in [3.8, 4) is 0 Å². The lowest BCUT2D eigenvalue weighted by atomic mass is 9.66. The maximum Gasteiger partial charge on any atom is 0.0167 e. The summed E-state index contributed by atoms with van der Waals surface area (Å²) in [5, 5.41) is 3.93. The molecule has 116 valence electrons. The molecule has 0 bridgehead atoms. The molecular formula is C20H31N. The molecule has 1 aromatic carbocycles. The lowest BCUT2D eigenvalue weighted by Crippen LogP contribution is -2.46. The van der Waals surface area contributed by atoms with E-state index in [0.717, 1.165) is 17.8 Å². The second-order valence-electron chi connectivity index (χ2n) is 7.19. The summed E-state index contributed by atoms with van der Waals surface area (Å²) in [4.78, 5) is 0. The first-order chi connectivity index (χ1) is 10.3. The fourth-order valence-electron chi connectivity index (χ4n) is 4.60. The fourth-order valence-corrected chi connectivity index (χ4v) is 4.60.